The molecule has 9 nitrogen and oxygen atoms in total. The lowest BCUT2D eigenvalue weighted by atomic mass is 9.82. The molecule has 2 N–H and O–H groups in total. The van der Waals surface area contributed by atoms with E-state index in [1.165, 1.54) is 12.1 Å². The van der Waals surface area contributed by atoms with Gasteiger partial charge in [0.15, 0.2) is 6.10 Å². The van der Waals surface area contributed by atoms with Crippen LogP contribution in [0.4, 0.5) is 15.9 Å². The lowest BCUT2D eigenvalue weighted by molar-refractivity contribution is -0.160. The van der Waals surface area contributed by atoms with Crippen molar-refractivity contribution in [3.63, 3.8) is 0 Å². The lowest BCUT2D eigenvalue weighted by Crippen LogP contribution is -2.39. The molecule has 45 heavy (non-hydrogen) atoms. The Bertz CT molecular complexity index is 1610. The number of rotatable bonds is 11. The van der Waals surface area contributed by atoms with Crippen molar-refractivity contribution in [2.75, 3.05) is 35.6 Å². The molecule has 0 aliphatic carbocycles. The maximum atomic E-state index is 13.2. The quantitative estimate of drug-likeness (QED) is 0.236. The van der Waals surface area contributed by atoms with E-state index in [0.717, 1.165) is 24.7 Å². The van der Waals surface area contributed by atoms with Crippen LogP contribution in [0, 0.1) is 18.2 Å². The molecule has 1 aliphatic rings. The fourth-order valence-electron chi connectivity index (χ4n) is 5.44. The van der Waals surface area contributed by atoms with Gasteiger partial charge in [-0.2, -0.15) is 0 Å². The number of halogens is 1. The molecule has 1 fully saturated rings. The standard InChI is InChI=1S/C34H44FN3O6S/c1-22-27(30(32(39)40)44-33(2,3)4)29(38-19-17-34(5,6)18-20-38)28(31(36-22)37-45(7,41)42)24-10-14-26(15-11-24)43-21-16-23-8-12-25(35)13-9-23/h8-15,30H,16-21H2,1-7H3,(H,36,37)(H,39,40). The number of piperidine rings is 1. The van der Waals surface area contributed by atoms with Crippen LogP contribution < -0.4 is 14.4 Å². The molecule has 3 aromatic rings. The van der Waals surface area contributed by atoms with Gasteiger partial charge in [-0.1, -0.05) is 38.1 Å². The van der Waals surface area contributed by atoms with Crippen LogP contribution in [0.2, 0.25) is 0 Å². The molecule has 1 aromatic heterocycles. The van der Waals surface area contributed by atoms with Crippen LogP contribution in [0.1, 0.15) is 70.4 Å². The first-order valence-corrected chi connectivity index (χ1v) is 17.0. The summed E-state index contributed by atoms with van der Waals surface area (Å²) < 4.78 is 53.0. The number of nitrogens with one attached hydrogen (secondary N) is 1. The van der Waals surface area contributed by atoms with Crippen molar-refractivity contribution in [1.82, 2.24) is 4.98 Å². The van der Waals surface area contributed by atoms with Crippen LogP contribution in [0.25, 0.3) is 11.1 Å². The summed E-state index contributed by atoms with van der Waals surface area (Å²) in [5.41, 5.74) is 2.73. The van der Waals surface area contributed by atoms with Crippen molar-refractivity contribution in [3.05, 3.63) is 71.2 Å². The van der Waals surface area contributed by atoms with Crippen LogP contribution >= 0.6 is 0 Å². The molecule has 0 bridgehead atoms. The number of sulfonamides is 1. The first kappa shape index (κ1) is 34.2. The number of aryl methyl sites for hydroxylation is 1. The second-order valence-electron chi connectivity index (χ2n) is 13.4. The van der Waals surface area contributed by atoms with Crippen molar-refractivity contribution in [2.45, 2.75) is 72.5 Å². The Morgan fingerprint density at radius 1 is 1.09 bits per heavy atom. The van der Waals surface area contributed by atoms with Gasteiger partial charge < -0.3 is 19.5 Å². The zero-order chi connectivity index (χ0) is 33.2. The van der Waals surface area contributed by atoms with Crippen molar-refractivity contribution in [2.24, 2.45) is 5.41 Å². The van der Waals surface area contributed by atoms with Gasteiger partial charge in [-0.25, -0.2) is 22.6 Å². The second kappa shape index (κ2) is 13.3. The van der Waals surface area contributed by atoms with E-state index in [-0.39, 0.29) is 17.1 Å². The van der Waals surface area contributed by atoms with Gasteiger partial charge in [0, 0.05) is 36.3 Å². The monoisotopic (exact) mass is 641 g/mol. The number of carboxylic acid groups (broad SMARTS) is 1. The molecule has 0 radical (unpaired) electrons. The van der Waals surface area contributed by atoms with E-state index in [1.807, 2.05) is 12.1 Å². The Hall–Kier alpha value is -3.70. The number of ether oxygens (including phenoxy) is 2. The summed E-state index contributed by atoms with van der Waals surface area (Å²) in [7, 11) is -3.74. The number of hydrogen-bond acceptors (Lipinski definition) is 7. The third-order valence-corrected chi connectivity index (χ3v) is 8.35. The van der Waals surface area contributed by atoms with Crippen LogP contribution in [0.3, 0.4) is 0 Å². The summed E-state index contributed by atoms with van der Waals surface area (Å²) in [5.74, 6) is -0.739. The smallest absolute Gasteiger partial charge is 0.337 e. The Labute approximate surface area is 265 Å². The van der Waals surface area contributed by atoms with E-state index in [1.54, 1.807) is 52.0 Å². The number of aromatic nitrogens is 1. The highest BCUT2D eigenvalue weighted by Gasteiger charge is 2.37. The largest absolute Gasteiger partial charge is 0.493 e. The highest BCUT2D eigenvalue weighted by atomic mass is 32.2. The summed E-state index contributed by atoms with van der Waals surface area (Å²) in [6.45, 7) is 13.1. The number of pyridine rings is 1. The zero-order valence-electron chi connectivity index (χ0n) is 27.1. The van der Waals surface area contributed by atoms with Crippen molar-refractivity contribution < 1.29 is 32.2 Å². The number of nitrogens with zero attached hydrogens (tertiary/aromatic N) is 2. The van der Waals surface area contributed by atoms with E-state index in [4.69, 9.17) is 9.47 Å². The van der Waals surface area contributed by atoms with E-state index in [0.29, 0.717) is 59.9 Å². The average Bonchev–Trinajstić information content (AvgIpc) is 2.92. The van der Waals surface area contributed by atoms with Crippen molar-refractivity contribution in [1.29, 1.82) is 0 Å². The average molecular weight is 642 g/mol. The van der Waals surface area contributed by atoms with Gasteiger partial charge in [0.1, 0.15) is 17.4 Å². The number of hydrogen-bond donors (Lipinski definition) is 2. The van der Waals surface area contributed by atoms with Crippen molar-refractivity contribution in [3.8, 4) is 16.9 Å². The predicted octanol–water partition coefficient (Wildman–Crippen LogP) is 6.76. The first-order chi connectivity index (χ1) is 20.9. The molecule has 0 amide bonds. The molecule has 0 spiro atoms. The molecule has 1 unspecified atom stereocenters. The molecule has 4 rings (SSSR count). The third kappa shape index (κ3) is 9.17. The molecular weight excluding hydrogens is 597 g/mol. The van der Waals surface area contributed by atoms with Crippen LogP contribution in [-0.2, 0) is 26.0 Å². The first-order valence-electron chi connectivity index (χ1n) is 15.1. The summed E-state index contributed by atoms with van der Waals surface area (Å²) in [6.07, 6.45) is 2.03. The highest BCUT2D eigenvalue weighted by Crippen LogP contribution is 2.46. The van der Waals surface area contributed by atoms with Crippen LogP contribution in [-0.4, -0.2) is 56.0 Å². The van der Waals surface area contributed by atoms with E-state index < -0.39 is 27.7 Å². The summed E-state index contributed by atoms with van der Waals surface area (Å²) in [5, 5.41) is 10.4. The number of carbonyl (C=O) groups is 1. The highest BCUT2D eigenvalue weighted by molar-refractivity contribution is 7.92. The Morgan fingerprint density at radius 3 is 2.22 bits per heavy atom. The van der Waals surface area contributed by atoms with E-state index in [2.05, 4.69) is 28.5 Å². The van der Waals surface area contributed by atoms with Gasteiger partial charge in [0.25, 0.3) is 0 Å². The van der Waals surface area contributed by atoms with E-state index in [9.17, 15) is 22.7 Å². The minimum atomic E-state index is -3.74. The summed E-state index contributed by atoms with van der Waals surface area (Å²) >= 11 is 0. The molecule has 11 heteroatoms. The SMILES string of the molecule is Cc1nc(NS(C)(=O)=O)c(-c2ccc(OCCc3ccc(F)cc3)cc2)c(N2CCC(C)(C)CC2)c1C(OC(C)(C)C)C(=O)O. The number of aliphatic carboxylic acids is 1. The lowest BCUT2D eigenvalue weighted by Gasteiger charge is -2.41. The number of benzene rings is 2. The van der Waals surface area contributed by atoms with Gasteiger partial charge in [-0.05, 0) is 81.3 Å². The molecule has 2 heterocycles. The third-order valence-electron chi connectivity index (χ3n) is 7.79. The summed E-state index contributed by atoms with van der Waals surface area (Å²) in [6, 6.07) is 13.5. The number of anilines is 2. The molecule has 244 valence electrons. The summed E-state index contributed by atoms with van der Waals surface area (Å²) in [4.78, 5) is 19.6. The van der Waals surface area contributed by atoms with Gasteiger partial charge in [0.2, 0.25) is 10.0 Å². The fourth-order valence-corrected chi connectivity index (χ4v) is 5.94. The minimum Gasteiger partial charge on any atom is -0.493 e. The predicted molar refractivity (Wildman–Crippen MR) is 175 cm³/mol. The van der Waals surface area contributed by atoms with Crippen LogP contribution in [0.5, 0.6) is 5.75 Å². The normalized spacial score (nSPS) is 15.9. The van der Waals surface area contributed by atoms with Gasteiger partial charge in [0.05, 0.1) is 24.2 Å². The van der Waals surface area contributed by atoms with Gasteiger partial charge >= 0.3 is 5.97 Å². The van der Waals surface area contributed by atoms with E-state index >= 15 is 0 Å². The Morgan fingerprint density at radius 2 is 1.69 bits per heavy atom. The van der Waals surface area contributed by atoms with Gasteiger partial charge in [-0.15, -0.1) is 0 Å². The van der Waals surface area contributed by atoms with Crippen LogP contribution in [0.15, 0.2) is 48.5 Å². The molecule has 2 aromatic carbocycles. The Balaban J connectivity index is 1.83. The molecular formula is C34H44FN3O6S. The zero-order valence-corrected chi connectivity index (χ0v) is 27.9. The molecule has 1 atom stereocenters. The second-order valence-corrected chi connectivity index (χ2v) is 15.2. The van der Waals surface area contributed by atoms with Gasteiger partial charge in [-0.3, -0.25) is 4.72 Å². The molecule has 1 saturated heterocycles. The molecule has 1 aliphatic heterocycles. The Kier molecular flexibility index (Phi) is 10.1. The maximum Gasteiger partial charge on any atom is 0.337 e. The minimum absolute atomic E-state index is 0.105. The topological polar surface area (TPSA) is 118 Å². The fraction of sp³-hybridized carbons (Fsp3) is 0.471. The van der Waals surface area contributed by atoms with Crippen molar-refractivity contribution >= 4 is 27.5 Å². The maximum absolute atomic E-state index is 13.2. The molecule has 0 saturated carbocycles. The number of carboxylic acids is 1.